The Morgan fingerprint density at radius 2 is 2.00 bits per heavy atom. The van der Waals surface area contributed by atoms with Gasteiger partial charge >= 0.3 is 6.18 Å². The molecule has 1 amide bonds. The maximum absolute atomic E-state index is 13.4. The van der Waals surface area contributed by atoms with E-state index in [9.17, 15) is 18.0 Å². The van der Waals surface area contributed by atoms with E-state index in [0.29, 0.717) is 18.8 Å². The number of para-hydroxylation sites is 1. The molecule has 0 spiro atoms. The number of carbonyl (C=O) groups is 1. The molecule has 140 valence electrons. The van der Waals surface area contributed by atoms with E-state index in [4.69, 9.17) is 0 Å². The molecule has 26 heavy (non-hydrogen) atoms. The van der Waals surface area contributed by atoms with Crippen LogP contribution in [-0.2, 0) is 0 Å². The summed E-state index contributed by atoms with van der Waals surface area (Å²) in [5, 5.41) is 16.1. The van der Waals surface area contributed by atoms with E-state index in [1.165, 1.54) is 22.0 Å². The normalized spacial score (nSPS) is 17.0. The summed E-state index contributed by atoms with van der Waals surface area (Å²) >= 11 is 0. The standard InChI is InChI=1S/C15H18F3N7O/c16-15(17,18)13(24-7-5-19-6-8-24)9-20-14(26)11-3-1-2-4-12(11)25-10-21-22-23-25/h1-4,10,13,19H,5-9H2,(H,20,26). The van der Waals surface area contributed by atoms with Crippen LogP contribution in [0.3, 0.4) is 0 Å². The summed E-state index contributed by atoms with van der Waals surface area (Å²) in [5.74, 6) is -0.611. The quantitative estimate of drug-likeness (QED) is 0.785. The van der Waals surface area contributed by atoms with Crippen LogP contribution in [0.4, 0.5) is 13.2 Å². The third-order valence-electron chi connectivity index (χ3n) is 4.17. The van der Waals surface area contributed by atoms with Crippen LogP contribution < -0.4 is 10.6 Å². The number of amides is 1. The SMILES string of the molecule is O=C(NCC(N1CCNCC1)C(F)(F)F)c1ccccc1-n1cnnn1. The van der Waals surface area contributed by atoms with Gasteiger partial charge in [0.1, 0.15) is 12.4 Å². The molecule has 2 aromatic rings. The molecular formula is C15H18F3N7O. The number of tetrazole rings is 1. The molecule has 1 atom stereocenters. The number of nitrogens with zero attached hydrogens (tertiary/aromatic N) is 5. The van der Waals surface area contributed by atoms with Crippen LogP contribution in [0.15, 0.2) is 30.6 Å². The first-order valence-electron chi connectivity index (χ1n) is 8.09. The molecule has 11 heteroatoms. The highest BCUT2D eigenvalue weighted by molar-refractivity contribution is 5.97. The Kier molecular flexibility index (Phi) is 5.47. The number of benzene rings is 1. The highest BCUT2D eigenvalue weighted by atomic mass is 19.4. The second-order valence-electron chi connectivity index (χ2n) is 5.82. The molecule has 0 bridgehead atoms. The average molecular weight is 369 g/mol. The number of hydrogen-bond donors (Lipinski definition) is 2. The number of halogens is 3. The van der Waals surface area contributed by atoms with E-state index >= 15 is 0 Å². The first kappa shape index (κ1) is 18.3. The topological polar surface area (TPSA) is 88.0 Å². The lowest BCUT2D eigenvalue weighted by Gasteiger charge is -2.35. The van der Waals surface area contributed by atoms with Crippen molar-refractivity contribution >= 4 is 5.91 Å². The molecule has 1 aromatic carbocycles. The fourth-order valence-corrected chi connectivity index (χ4v) is 2.87. The highest BCUT2D eigenvalue weighted by Crippen LogP contribution is 2.25. The Bertz CT molecular complexity index is 729. The van der Waals surface area contributed by atoms with Gasteiger partial charge in [0.05, 0.1) is 11.3 Å². The molecule has 8 nitrogen and oxygen atoms in total. The summed E-state index contributed by atoms with van der Waals surface area (Å²) in [6.45, 7) is 1.01. The minimum Gasteiger partial charge on any atom is -0.350 e. The van der Waals surface area contributed by atoms with Gasteiger partial charge in [-0.25, -0.2) is 0 Å². The van der Waals surface area contributed by atoms with Crippen molar-refractivity contribution in [2.75, 3.05) is 32.7 Å². The summed E-state index contributed by atoms with van der Waals surface area (Å²) < 4.78 is 41.5. The van der Waals surface area contributed by atoms with Crippen molar-refractivity contribution in [3.05, 3.63) is 36.2 Å². The number of carbonyl (C=O) groups excluding carboxylic acids is 1. The third kappa shape index (κ3) is 4.17. The average Bonchev–Trinajstić information content (AvgIpc) is 3.16. The Labute approximate surface area is 147 Å². The number of rotatable bonds is 5. The third-order valence-corrected chi connectivity index (χ3v) is 4.17. The predicted octanol–water partition coefficient (Wildman–Crippen LogP) is 0.228. The van der Waals surface area contributed by atoms with Crippen molar-refractivity contribution in [3.63, 3.8) is 0 Å². The second kappa shape index (κ2) is 7.79. The van der Waals surface area contributed by atoms with E-state index in [1.807, 2.05) is 0 Å². The van der Waals surface area contributed by atoms with Gasteiger partial charge in [0.15, 0.2) is 0 Å². The van der Waals surface area contributed by atoms with Gasteiger partial charge in [-0.15, -0.1) is 5.10 Å². The molecule has 1 fully saturated rings. The number of nitrogens with one attached hydrogen (secondary N) is 2. The largest absolute Gasteiger partial charge is 0.405 e. The number of hydrogen-bond acceptors (Lipinski definition) is 6. The van der Waals surface area contributed by atoms with Gasteiger partial charge in [-0.05, 0) is 22.6 Å². The van der Waals surface area contributed by atoms with Crippen LogP contribution in [0.25, 0.3) is 5.69 Å². The van der Waals surface area contributed by atoms with Crippen LogP contribution >= 0.6 is 0 Å². The predicted molar refractivity (Wildman–Crippen MR) is 85.8 cm³/mol. The zero-order valence-corrected chi connectivity index (χ0v) is 13.8. The molecule has 3 rings (SSSR count). The van der Waals surface area contributed by atoms with Gasteiger partial charge in [-0.2, -0.15) is 17.9 Å². The van der Waals surface area contributed by atoms with E-state index in [-0.39, 0.29) is 18.7 Å². The van der Waals surface area contributed by atoms with Crippen LogP contribution in [-0.4, -0.2) is 76.0 Å². The Balaban J connectivity index is 1.73. The summed E-state index contributed by atoms with van der Waals surface area (Å²) in [5.41, 5.74) is 0.585. The van der Waals surface area contributed by atoms with Gasteiger partial charge in [0.25, 0.3) is 5.91 Å². The first-order chi connectivity index (χ1) is 12.5. The summed E-state index contributed by atoms with van der Waals surface area (Å²) in [7, 11) is 0. The molecule has 2 heterocycles. The van der Waals surface area contributed by atoms with Crippen LogP contribution in [0.5, 0.6) is 0 Å². The van der Waals surface area contributed by atoms with E-state index < -0.39 is 24.7 Å². The maximum atomic E-state index is 13.4. The summed E-state index contributed by atoms with van der Waals surface area (Å²) in [4.78, 5) is 13.8. The molecule has 0 radical (unpaired) electrons. The number of piperazine rings is 1. The molecule has 0 aliphatic carbocycles. The minimum atomic E-state index is -4.43. The molecule has 1 aliphatic heterocycles. The van der Waals surface area contributed by atoms with E-state index in [2.05, 4.69) is 26.2 Å². The van der Waals surface area contributed by atoms with Crippen LogP contribution in [0, 0.1) is 0 Å². The minimum absolute atomic E-state index is 0.195. The fraction of sp³-hybridized carbons (Fsp3) is 0.467. The first-order valence-corrected chi connectivity index (χ1v) is 8.09. The molecular weight excluding hydrogens is 351 g/mol. The second-order valence-corrected chi connectivity index (χ2v) is 5.82. The van der Waals surface area contributed by atoms with Crippen molar-refractivity contribution in [2.45, 2.75) is 12.2 Å². The lowest BCUT2D eigenvalue weighted by Crippen LogP contribution is -2.57. The Morgan fingerprint density at radius 1 is 1.27 bits per heavy atom. The van der Waals surface area contributed by atoms with Crippen molar-refractivity contribution in [1.82, 2.24) is 35.7 Å². The molecule has 2 N–H and O–H groups in total. The molecule has 1 aliphatic rings. The van der Waals surface area contributed by atoms with Gasteiger partial charge in [-0.1, -0.05) is 12.1 Å². The van der Waals surface area contributed by atoms with Gasteiger partial charge in [0, 0.05) is 32.7 Å². The smallest absolute Gasteiger partial charge is 0.350 e. The number of alkyl halides is 3. The van der Waals surface area contributed by atoms with E-state index in [1.54, 1.807) is 18.2 Å². The van der Waals surface area contributed by atoms with E-state index in [0.717, 1.165) is 0 Å². The Hall–Kier alpha value is -2.53. The fourth-order valence-electron chi connectivity index (χ4n) is 2.87. The zero-order valence-electron chi connectivity index (χ0n) is 13.8. The lowest BCUT2D eigenvalue weighted by atomic mass is 10.1. The zero-order chi connectivity index (χ0) is 18.6. The molecule has 1 unspecified atom stereocenters. The highest BCUT2D eigenvalue weighted by Gasteiger charge is 2.43. The molecule has 1 saturated heterocycles. The van der Waals surface area contributed by atoms with Gasteiger partial charge in [-0.3, -0.25) is 9.69 Å². The summed E-state index contributed by atoms with van der Waals surface area (Å²) in [6.07, 6.45) is -3.12. The van der Waals surface area contributed by atoms with Crippen molar-refractivity contribution < 1.29 is 18.0 Å². The van der Waals surface area contributed by atoms with Crippen LogP contribution in [0.2, 0.25) is 0 Å². The van der Waals surface area contributed by atoms with Crippen molar-refractivity contribution in [2.24, 2.45) is 0 Å². The van der Waals surface area contributed by atoms with Gasteiger partial charge < -0.3 is 10.6 Å². The van der Waals surface area contributed by atoms with Gasteiger partial charge in [0.2, 0.25) is 0 Å². The van der Waals surface area contributed by atoms with Crippen molar-refractivity contribution in [3.8, 4) is 5.69 Å². The number of aromatic nitrogens is 4. The summed E-state index contributed by atoms with van der Waals surface area (Å²) in [6, 6.07) is 4.71. The Morgan fingerprint density at radius 3 is 2.65 bits per heavy atom. The van der Waals surface area contributed by atoms with Crippen molar-refractivity contribution in [1.29, 1.82) is 0 Å². The maximum Gasteiger partial charge on any atom is 0.405 e. The monoisotopic (exact) mass is 369 g/mol. The lowest BCUT2D eigenvalue weighted by molar-refractivity contribution is -0.183. The molecule has 1 aromatic heterocycles. The van der Waals surface area contributed by atoms with Crippen LogP contribution in [0.1, 0.15) is 10.4 Å². The molecule has 0 saturated carbocycles.